The Hall–Kier alpha value is -1.52. The monoisotopic (exact) mass is 241 g/mol. The van der Waals surface area contributed by atoms with E-state index in [4.69, 9.17) is 0 Å². The van der Waals surface area contributed by atoms with Crippen molar-refractivity contribution in [3.8, 4) is 0 Å². The maximum atomic E-state index is 11.4. The first kappa shape index (κ1) is 15.5. The minimum absolute atomic E-state index is 0.0192. The predicted molar refractivity (Wildman–Crippen MR) is 62.4 cm³/mol. The summed E-state index contributed by atoms with van der Waals surface area (Å²) in [4.78, 5) is 44.1. The average molecular weight is 241 g/mol. The Labute approximate surface area is 101 Å². The molecule has 0 spiro atoms. The molecule has 96 valence electrons. The molecule has 0 aliphatic carbocycles. The molecule has 0 aliphatic heterocycles. The third-order valence-electron chi connectivity index (χ3n) is 2.32. The third kappa shape index (κ3) is 8.30. The van der Waals surface area contributed by atoms with Crippen molar-refractivity contribution in [2.75, 3.05) is 0 Å². The summed E-state index contributed by atoms with van der Waals surface area (Å²) in [5.74, 6) is -0.594. The second-order valence-electron chi connectivity index (χ2n) is 4.17. The smallest absolute Gasteiger partial charge is 0.221 e. The maximum absolute atomic E-state index is 11.4. The van der Waals surface area contributed by atoms with Crippen molar-refractivity contribution in [3.05, 3.63) is 0 Å². The zero-order valence-electron chi connectivity index (χ0n) is 10.5. The van der Waals surface area contributed by atoms with E-state index < -0.39 is 6.04 Å². The van der Waals surface area contributed by atoms with E-state index in [9.17, 15) is 19.2 Å². The molecule has 0 radical (unpaired) electrons. The van der Waals surface area contributed by atoms with Crippen LogP contribution in [-0.4, -0.2) is 29.3 Å². The van der Waals surface area contributed by atoms with Crippen molar-refractivity contribution in [2.45, 2.75) is 52.5 Å². The second kappa shape index (κ2) is 7.70. The highest BCUT2D eigenvalue weighted by Crippen LogP contribution is 2.01. The predicted octanol–water partition coefficient (Wildman–Crippen LogP) is 0.799. The number of Topliss-reactive ketones (excluding diaryl/α,β-unsaturated/α-hetero) is 3. The van der Waals surface area contributed by atoms with Crippen LogP contribution in [0.4, 0.5) is 0 Å². The van der Waals surface area contributed by atoms with Crippen molar-refractivity contribution >= 4 is 23.3 Å². The Morgan fingerprint density at radius 1 is 0.882 bits per heavy atom. The Kier molecular flexibility index (Phi) is 7.02. The van der Waals surface area contributed by atoms with Gasteiger partial charge in [0.05, 0.1) is 6.04 Å². The van der Waals surface area contributed by atoms with Crippen LogP contribution < -0.4 is 5.32 Å². The molecule has 0 saturated heterocycles. The fourth-order valence-electron chi connectivity index (χ4n) is 1.28. The minimum Gasteiger partial charge on any atom is -0.346 e. The number of rotatable bonds is 8. The summed E-state index contributed by atoms with van der Waals surface area (Å²) >= 11 is 0. The Bertz CT molecular complexity index is 322. The van der Waals surface area contributed by atoms with Gasteiger partial charge in [-0.05, 0) is 27.2 Å². The molecular weight excluding hydrogens is 222 g/mol. The number of amides is 1. The number of carbonyl (C=O) groups excluding carboxylic acids is 4. The van der Waals surface area contributed by atoms with Crippen molar-refractivity contribution in [3.63, 3.8) is 0 Å². The summed E-state index contributed by atoms with van der Waals surface area (Å²) < 4.78 is 0. The zero-order chi connectivity index (χ0) is 13.4. The van der Waals surface area contributed by atoms with Crippen LogP contribution in [0, 0.1) is 0 Å². The van der Waals surface area contributed by atoms with Gasteiger partial charge in [0.1, 0.15) is 11.6 Å². The lowest BCUT2D eigenvalue weighted by molar-refractivity contribution is -0.128. The van der Waals surface area contributed by atoms with Crippen molar-refractivity contribution < 1.29 is 19.2 Å². The molecule has 0 aliphatic rings. The molecule has 5 heteroatoms. The molecule has 17 heavy (non-hydrogen) atoms. The molecule has 1 unspecified atom stereocenters. The van der Waals surface area contributed by atoms with Gasteiger partial charge in [-0.1, -0.05) is 0 Å². The molecule has 0 aromatic rings. The standard InChI is InChI=1S/C12H19NO4/c1-8(14)4-6-11(10(3)16)13-12(17)7-5-9(2)15/h11H,4-7H2,1-3H3,(H,13,17). The van der Waals surface area contributed by atoms with Gasteiger partial charge in [0.15, 0.2) is 5.78 Å². The van der Waals surface area contributed by atoms with E-state index in [1.807, 2.05) is 0 Å². The van der Waals surface area contributed by atoms with Gasteiger partial charge in [-0.15, -0.1) is 0 Å². The van der Waals surface area contributed by atoms with Crippen LogP contribution in [0.15, 0.2) is 0 Å². The van der Waals surface area contributed by atoms with Gasteiger partial charge in [-0.2, -0.15) is 0 Å². The van der Waals surface area contributed by atoms with Crippen molar-refractivity contribution in [1.82, 2.24) is 5.32 Å². The first-order chi connectivity index (χ1) is 7.82. The normalized spacial score (nSPS) is 11.7. The van der Waals surface area contributed by atoms with Crippen molar-refractivity contribution in [2.24, 2.45) is 0 Å². The van der Waals surface area contributed by atoms with E-state index in [0.29, 0.717) is 6.42 Å². The molecule has 0 aromatic heterocycles. The summed E-state index contributed by atoms with van der Waals surface area (Å²) in [7, 11) is 0. The van der Waals surface area contributed by atoms with E-state index in [1.54, 1.807) is 0 Å². The third-order valence-corrected chi connectivity index (χ3v) is 2.32. The molecule has 0 bridgehead atoms. The lowest BCUT2D eigenvalue weighted by Gasteiger charge is -2.14. The maximum Gasteiger partial charge on any atom is 0.221 e. The van der Waals surface area contributed by atoms with Gasteiger partial charge in [-0.25, -0.2) is 0 Å². The highest BCUT2D eigenvalue weighted by Gasteiger charge is 2.17. The Morgan fingerprint density at radius 2 is 1.41 bits per heavy atom. The SMILES string of the molecule is CC(=O)CCC(=O)NC(CCC(C)=O)C(C)=O. The van der Waals surface area contributed by atoms with Crippen molar-refractivity contribution in [1.29, 1.82) is 0 Å². The first-order valence-electron chi connectivity index (χ1n) is 5.61. The summed E-state index contributed by atoms with van der Waals surface area (Å²) in [6.45, 7) is 4.22. The molecule has 0 saturated carbocycles. The van der Waals surface area contributed by atoms with Crippen LogP contribution in [0.2, 0.25) is 0 Å². The highest BCUT2D eigenvalue weighted by atomic mass is 16.2. The molecule has 0 fully saturated rings. The molecule has 1 atom stereocenters. The minimum atomic E-state index is -0.627. The first-order valence-corrected chi connectivity index (χ1v) is 5.61. The number of carbonyl (C=O) groups is 4. The summed E-state index contributed by atoms with van der Waals surface area (Å²) in [6.07, 6.45) is 0.829. The van der Waals surface area contributed by atoms with Gasteiger partial charge in [0.25, 0.3) is 0 Å². The lowest BCUT2D eigenvalue weighted by atomic mass is 10.1. The van der Waals surface area contributed by atoms with E-state index >= 15 is 0 Å². The van der Waals surface area contributed by atoms with Crippen LogP contribution in [0.3, 0.4) is 0 Å². The Balaban J connectivity index is 4.15. The number of hydrogen-bond donors (Lipinski definition) is 1. The molecule has 0 rings (SSSR count). The number of hydrogen-bond acceptors (Lipinski definition) is 4. The van der Waals surface area contributed by atoms with Crippen LogP contribution >= 0.6 is 0 Å². The molecular formula is C12H19NO4. The topological polar surface area (TPSA) is 80.3 Å². The largest absolute Gasteiger partial charge is 0.346 e. The van der Waals surface area contributed by atoms with Gasteiger partial charge >= 0.3 is 0 Å². The quantitative estimate of drug-likeness (QED) is 0.681. The molecule has 0 heterocycles. The number of ketones is 3. The molecule has 5 nitrogen and oxygen atoms in total. The molecule has 0 aromatic carbocycles. The molecule has 1 amide bonds. The fourth-order valence-corrected chi connectivity index (χ4v) is 1.28. The number of nitrogens with one attached hydrogen (secondary N) is 1. The highest BCUT2D eigenvalue weighted by molar-refractivity contribution is 5.89. The Morgan fingerprint density at radius 3 is 1.82 bits per heavy atom. The zero-order valence-corrected chi connectivity index (χ0v) is 10.5. The van der Waals surface area contributed by atoms with Gasteiger partial charge < -0.3 is 14.9 Å². The average Bonchev–Trinajstić information content (AvgIpc) is 2.20. The van der Waals surface area contributed by atoms with Gasteiger partial charge in [0.2, 0.25) is 5.91 Å². The lowest BCUT2D eigenvalue weighted by Crippen LogP contribution is -2.40. The van der Waals surface area contributed by atoms with Crippen LogP contribution in [-0.2, 0) is 19.2 Å². The van der Waals surface area contributed by atoms with E-state index in [1.165, 1.54) is 20.8 Å². The summed E-state index contributed by atoms with van der Waals surface area (Å²) in [6, 6.07) is -0.627. The van der Waals surface area contributed by atoms with E-state index in [0.717, 1.165) is 0 Å². The van der Waals surface area contributed by atoms with Crippen LogP contribution in [0.5, 0.6) is 0 Å². The van der Waals surface area contributed by atoms with E-state index in [2.05, 4.69) is 5.32 Å². The summed E-state index contributed by atoms with van der Waals surface area (Å²) in [5.41, 5.74) is 0. The van der Waals surface area contributed by atoms with Crippen LogP contribution in [0.1, 0.15) is 46.5 Å². The summed E-state index contributed by atoms with van der Waals surface area (Å²) in [5, 5.41) is 2.53. The van der Waals surface area contributed by atoms with Gasteiger partial charge in [-0.3, -0.25) is 9.59 Å². The second-order valence-corrected chi connectivity index (χ2v) is 4.17. The fraction of sp³-hybridized carbons (Fsp3) is 0.667. The van der Waals surface area contributed by atoms with Crippen LogP contribution in [0.25, 0.3) is 0 Å². The molecule has 1 N–H and O–H groups in total. The van der Waals surface area contributed by atoms with E-state index in [-0.39, 0.29) is 42.5 Å². The van der Waals surface area contributed by atoms with Gasteiger partial charge in [0, 0.05) is 19.3 Å².